The maximum absolute atomic E-state index is 10.7. The van der Waals surface area contributed by atoms with Crippen LogP contribution in [-0.2, 0) is 9.59 Å². The molecule has 4 nitrogen and oxygen atoms in total. The summed E-state index contributed by atoms with van der Waals surface area (Å²) >= 11 is 0. The summed E-state index contributed by atoms with van der Waals surface area (Å²) in [4.78, 5) is 21.3. The van der Waals surface area contributed by atoms with E-state index in [9.17, 15) is 9.59 Å². The maximum atomic E-state index is 10.7. The van der Waals surface area contributed by atoms with Crippen molar-refractivity contribution in [3.05, 3.63) is 0 Å². The van der Waals surface area contributed by atoms with Gasteiger partial charge in [0.1, 0.15) is 0 Å². The highest BCUT2D eigenvalue weighted by Crippen LogP contribution is 2.34. The van der Waals surface area contributed by atoms with Crippen LogP contribution >= 0.6 is 0 Å². The highest BCUT2D eigenvalue weighted by atomic mass is 16.4. The van der Waals surface area contributed by atoms with Crippen LogP contribution < -0.4 is 5.32 Å². The SMILES string of the molecule is CC(=O)NCC(CC(=O)O)C1CCC1. The van der Waals surface area contributed by atoms with Gasteiger partial charge in [0.2, 0.25) is 5.91 Å². The summed E-state index contributed by atoms with van der Waals surface area (Å²) in [6.45, 7) is 1.96. The van der Waals surface area contributed by atoms with E-state index in [1.165, 1.54) is 13.3 Å². The average Bonchev–Trinajstić information content (AvgIpc) is 1.95. The summed E-state index contributed by atoms with van der Waals surface area (Å²) < 4.78 is 0. The fraction of sp³-hybridized carbons (Fsp3) is 0.800. The summed E-state index contributed by atoms with van der Waals surface area (Å²) in [6.07, 6.45) is 3.58. The molecule has 1 unspecified atom stereocenters. The second kappa shape index (κ2) is 4.98. The zero-order valence-corrected chi connectivity index (χ0v) is 8.45. The van der Waals surface area contributed by atoms with Crippen molar-refractivity contribution in [1.29, 1.82) is 0 Å². The Morgan fingerprint density at radius 3 is 2.50 bits per heavy atom. The monoisotopic (exact) mass is 199 g/mol. The largest absolute Gasteiger partial charge is 0.481 e. The number of hydrogen-bond donors (Lipinski definition) is 2. The number of amides is 1. The number of rotatable bonds is 5. The summed E-state index contributed by atoms with van der Waals surface area (Å²) in [5.41, 5.74) is 0. The standard InChI is InChI=1S/C10H17NO3/c1-7(12)11-6-9(5-10(13)14)8-3-2-4-8/h8-9H,2-6H2,1H3,(H,11,12)(H,13,14). The minimum Gasteiger partial charge on any atom is -0.481 e. The lowest BCUT2D eigenvalue weighted by atomic mass is 9.74. The Hall–Kier alpha value is -1.06. The Morgan fingerprint density at radius 1 is 1.50 bits per heavy atom. The van der Waals surface area contributed by atoms with Crippen molar-refractivity contribution >= 4 is 11.9 Å². The molecular weight excluding hydrogens is 182 g/mol. The van der Waals surface area contributed by atoms with E-state index in [0.717, 1.165) is 12.8 Å². The molecule has 0 radical (unpaired) electrons. The Morgan fingerprint density at radius 2 is 2.14 bits per heavy atom. The van der Waals surface area contributed by atoms with Crippen LogP contribution in [-0.4, -0.2) is 23.5 Å². The summed E-state index contributed by atoms with van der Waals surface area (Å²) in [7, 11) is 0. The van der Waals surface area contributed by atoms with Gasteiger partial charge in [-0.15, -0.1) is 0 Å². The van der Waals surface area contributed by atoms with E-state index >= 15 is 0 Å². The van der Waals surface area contributed by atoms with Gasteiger partial charge in [0.15, 0.2) is 0 Å². The summed E-state index contributed by atoms with van der Waals surface area (Å²) in [5.74, 6) is -0.241. The van der Waals surface area contributed by atoms with Crippen molar-refractivity contribution in [3.63, 3.8) is 0 Å². The first-order valence-corrected chi connectivity index (χ1v) is 5.06. The molecule has 14 heavy (non-hydrogen) atoms. The predicted octanol–water partition coefficient (Wildman–Crippen LogP) is 1.01. The first kappa shape index (κ1) is 11.0. The van der Waals surface area contributed by atoms with Gasteiger partial charge in [-0.25, -0.2) is 0 Å². The Balaban J connectivity index is 2.35. The minimum atomic E-state index is -0.771. The van der Waals surface area contributed by atoms with Gasteiger partial charge in [0.05, 0.1) is 6.42 Å². The Kier molecular flexibility index (Phi) is 3.92. The molecule has 0 saturated heterocycles. The van der Waals surface area contributed by atoms with Gasteiger partial charge in [0, 0.05) is 13.5 Å². The van der Waals surface area contributed by atoms with Gasteiger partial charge >= 0.3 is 5.97 Å². The van der Waals surface area contributed by atoms with Crippen LogP contribution in [0, 0.1) is 11.8 Å². The molecule has 1 fully saturated rings. The molecule has 0 aromatic carbocycles. The fourth-order valence-electron chi connectivity index (χ4n) is 1.82. The third kappa shape index (κ3) is 3.36. The molecule has 1 rings (SSSR count). The number of carboxylic acid groups (broad SMARTS) is 1. The van der Waals surface area contributed by atoms with Crippen LogP contribution in [0.2, 0.25) is 0 Å². The van der Waals surface area contributed by atoms with Gasteiger partial charge in [-0.2, -0.15) is 0 Å². The molecule has 0 bridgehead atoms. The first-order chi connectivity index (χ1) is 6.59. The van der Waals surface area contributed by atoms with E-state index in [0.29, 0.717) is 12.5 Å². The molecular formula is C10H17NO3. The fourth-order valence-corrected chi connectivity index (χ4v) is 1.82. The lowest BCUT2D eigenvalue weighted by Gasteiger charge is -2.33. The van der Waals surface area contributed by atoms with Crippen molar-refractivity contribution < 1.29 is 14.7 Å². The molecule has 1 aliphatic carbocycles. The van der Waals surface area contributed by atoms with Crippen molar-refractivity contribution in [1.82, 2.24) is 5.32 Å². The van der Waals surface area contributed by atoms with Gasteiger partial charge in [0.25, 0.3) is 0 Å². The molecule has 4 heteroatoms. The third-order valence-electron chi connectivity index (χ3n) is 2.87. The third-order valence-corrected chi connectivity index (χ3v) is 2.87. The van der Waals surface area contributed by atoms with E-state index in [1.807, 2.05) is 0 Å². The summed E-state index contributed by atoms with van der Waals surface area (Å²) in [5, 5.41) is 11.4. The highest BCUT2D eigenvalue weighted by Gasteiger charge is 2.28. The normalized spacial score (nSPS) is 18.4. The lowest BCUT2D eigenvalue weighted by molar-refractivity contribution is -0.139. The molecule has 80 valence electrons. The molecule has 1 amide bonds. The Labute approximate surface area is 83.7 Å². The van der Waals surface area contributed by atoms with Gasteiger partial charge in [-0.1, -0.05) is 19.3 Å². The smallest absolute Gasteiger partial charge is 0.303 e. The van der Waals surface area contributed by atoms with Gasteiger partial charge < -0.3 is 10.4 Å². The van der Waals surface area contributed by atoms with Crippen LogP contribution in [0.25, 0.3) is 0 Å². The molecule has 2 N–H and O–H groups in total. The van der Waals surface area contributed by atoms with Crippen molar-refractivity contribution in [2.75, 3.05) is 6.54 Å². The molecule has 1 aliphatic rings. The first-order valence-electron chi connectivity index (χ1n) is 5.06. The molecule has 1 saturated carbocycles. The van der Waals surface area contributed by atoms with Crippen LogP contribution in [0.3, 0.4) is 0 Å². The van der Waals surface area contributed by atoms with Crippen LogP contribution in [0.15, 0.2) is 0 Å². The quantitative estimate of drug-likeness (QED) is 0.694. The number of carbonyl (C=O) groups is 2. The topological polar surface area (TPSA) is 66.4 Å². The molecule has 0 aromatic heterocycles. The number of carbonyl (C=O) groups excluding carboxylic acids is 1. The molecule has 0 spiro atoms. The zero-order valence-electron chi connectivity index (χ0n) is 8.45. The number of nitrogens with one attached hydrogen (secondary N) is 1. The second-order valence-corrected chi connectivity index (χ2v) is 3.99. The van der Waals surface area contributed by atoms with E-state index in [4.69, 9.17) is 5.11 Å². The molecule has 0 aromatic rings. The van der Waals surface area contributed by atoms with E-state index in [2.05, 4.69) is 5.32 Å². The minimum absolute atomic E-state index is 0.0836. The zero-order chi connectivity index (χ0) is 10.6. The van der Waals surface area contributed by atoms with E-state index in [1.54, 1.807) is 0 Å². The van der Waals surface area contributed by atoms with Crippen molar-refractivity contribution in [2.24, 2.45) is 11.8 Å². The molecule has 0 heterocycles. The van der Waals surface area contributed by atoms with Crippen molar-refractivity contribution in [2.45, 2.75) is 32.6 Å². The van der Waals surface area contributed by atoms with E-state index in [-0.39, 0.29) is 18.2 Å². The van der Waals surface area contributed by atoms with Gasteiger partial charge in [-0.05, 0) is 11.8 Å². The van der Waals surface area contributed by atoms with Crippen LogP contribution in [0.4, 0.5) is 0 Å². The van der Waals surface area contributed by atoms with Crippen molar-refractivity contribution in [3.8, 4) is 0 Å². The summed E-state index contributed by atoms with van der Waals surface area (Å²) in [6, 6.07) is 0. The number of carboxylic acids is 1. The highest BCUT2D eigenvalue weighted by molar-refractivity contribution is 5.73. The maximum Gasteiger partial charge on any atom is 0.303 e. The number of aliphatic carboxylic acids is 1. The second-order valence-electron chi connectivity index (χ2n) is 3.99. The number of hydrogen-bond acceptors (Lipinski definition) is 2. The lowest BCUT2D eigenvalue weighted by Crippen LogP contribution is -2.35. The van der Waals surface area contributed by atoms with Gasteiger partial charge in [-0.3, -0.25) is 9.59 Å². The van der Waals surface area contributed by atoms with E-state index < -0.39 is 5.97 Å². The predicted molar refractivity (Wildman–Crippen MR) is 51.8 cm³/mol. The van der Waals surface area contributed by atoms with Crippen LogP contribution in [0.1, 0.15) is 32.6 Å². The Bertz CT molecular complexity index is 223. The molecule has 0 aliphatic heterocycles. The van der Waals surface area contributed by atoms with Crippen LogP contribution in [0.5, 0.6) is 0 Å². The molecule has 1 atom stereocenters. The average molecular weight is 199 g/mol.